The third-order valence-electron chi connectivity index (χ3n) is 3.49. The number of aromatic nitrogens is 2. The standard InChI is InChI=1S/C16H30N2O/c1-2-3-4-5-6-7-8-9-10-11-12-13-19-16-14-17-18-15-16/h14-15H,2-13H2,1H3,(H,17,18). The summed E-state index contributed by atoms with van der Waals surface area (Å²) in [6.07, 6.45) is 18.6. The molecule has 0 unspecified atom stereocenters. The van der Waals surface area contributed by atoms with Crippen LogP contribution in [0.1, 0.15) is 77.6 Å². The predicted octanol–water partition coefficient (Wildman–Crippen LogP) is 5.10. The van der Waals surface area contributed by atoms with Gasteiger partial charge in [-0.25, -0.2) is 0 Å². The van der Waals surface area contributed by atoms with Gasteiger partial charge in [-0.3, -0.25) is 5.10 Å². The second-order valence-electron chi connectivity index (χ2n) is 5.32. The number of aromatic amines is 1. The average molecular weight is 266 g/mol. The molecule has 0 spiro atoms. The summed E-state index contributed by atoms with van der Waals surface area (Å²) in [5.41, 5.74) is 0. The summed E-state index contributed by atoms with van der Waals surface area (Å²) >= 11 is 0. The van der Waals surface area contributed by atoms with Crippen molar-refractivity contribution in [2.45, 2.75) is 77.6 Å². The minimum absolute atomic E-state index is 0.816. The van der Waals surface area contributed by atoms with Crippen LogP contribution in [0.15, 0.2) is 12.4 Å². The molecule has 0 amide bonds. The molecule has 1 heterocycles. The van der Waals surface area contributed by atoms with Crippen molar-refractivity contribution in [1.82, 2.24) is 10.2 Å². The summed E-state index contributed by atoms with van der Waals surface area (Å²) in [5.74, 6) is 0.854. The Balaban J connectivity index is 1.72. The van der Waals surface area contributed by atoms with Crippen molar-refractivity contribution < 1.29 is 4.74 Å². The molecule has 3 heteroatoms. The number of ether oxygens (including phenoxy) is 1. The Hall–Kier alpha value is -0.990. The van der Waals surface area contributed by atoms with E-state index in [0.29, 0.717) is 0 Å². The van der Waals surface area contributed by atoms with Crippen LogP contribution >= 0.6 is 0 Å². The minimum Gasteiger partial charge on any atom is -0.490 e. The first-order valence-corrected chi connectivity index (χ1v) is 8.05. The zero-order chi connectivity index (χ0) is 13.6. The van der Waals surface area contributed by atoms with Crippen LogP contribution < -0.4 is 4.74 Å². The summed E-state index contributed by atoms with van der Waals surface area (Å²) in [5, 5.41) is 6.60. The first kappa shape index (κ1) is 16.1. The molecule has 1 N–H and O–H groups in total. The Bertz CT molecular complexity index is 272. The van der Waals surface area contributed by atoms with Gasteiger partial charge in [0, 0.05) is 0 Å². The number of unbranched alkanes of at least 4 members (excludes halogenated alkanes) is 10. The number of rotatable bonds is 13. The first-order valence-electron chi connectivity index (χ1n) is 8.05. The predicted molar refractivity (Wildman–Crippen MR) is 80.5 cm³/mol. The Morgan fingerprint density at radius 2 is 1.47 bits per heavy atom. The number of nitrogens with zero attached hydrogens (tertiary/aromatic N) is 1. The zero-order valence-corrected chi connectivity index (χ0v) is 12.5. The van der Waals surface area contributed by atoms with E-state index >= 15 is 0 Å². The van der Waals surface area contributed by atoms with Crippen molar-refractivity contribution in [3.63, 3.8) is 0 Å². The summed E-state index contributed by atoms with van der Waals surface area (Å²) in [6, 6.07) is 0. The van der Waals surface area contributed by atoms with Crippen molar-refractivity contribution in [2.75, 3.05) is 6.61 Å². The van der Waals surface area contributed by atoms with Gasteiger partial charge < -0.3 is 4.74 Å². The lowest BCUT2D eigenvalue weighted by atomic mass is 10.1. The van der Waals surface area contributed by atoms with Gasteiger partial charge >= 0.3 is 0 Å². The van der Waals surface area contributed by atoms with Crippen LogP contribution in [0.3, 0.4) is 0 Å². The molecule has 0 bridgehead atoms. The van der Waals surface area contributed by atoms with Gasteiger partial charge in [0.15, 0.2) is 5.75 Å². The van der Waals surface area contributed by atoms with Crippen molar-refractivity contribution in [3.05, 3.63) is 12.4 Å². The van der Waals surface area contributed by atoms with Crippen molar-refractivity contribution in [2.24, 2.45) is 0 Å². The van der Waals surface area contributed by atoms with E-state index in [1.807, 2.05) is 0 Å². The fraction of sp³-hybridized carbons (Fsp3) is 0.812. The van der Waals surface area contributed by atoms with Crippen LogP contribution in [0.4, 0.5) is 0 Å². The van der Waals surface area contributed by atoms with Gasteiger partial charge in [0.2, 0.25) is 0 Å². The molecule has 19 heavy (non-hydrogen) atoms. The van der Waals surface area contributed by atoms with Crippen LogP contribution in [-0.2, 0) is 0 Å². The molecular weight excluding hydrogens is 236 g/mol. The van der Waals surface area contributed by atoms with Crippen LogP contribution in [0, 0.1) is 0 Å². The second kappa shape index (κ2) is 12.1. The van der Waals surface area contributed by atoms with Gasteiger partial charge in [-0.1, -0.05) is 71.1 Å². The normalized spacial score (nSPS) is 10.8. The van der Waals surface area contributed by atoms with E-state index in [9.17, 15) is 0 Å². The maximum atomic E-state index is 5.53. The molecule has 0 radical (unpaired) electrons. The van der Waals surface area contributed by atoms with Gasteiger partial charge in [-0.2, -0.15) is 5.10 Å². The number of nitrogens with one attached hydrogen (secondary N) is 1. The molecule has 0 aliphatic rings. The van der Waals surface area contributed by atoms with Crippen molar-refractivity contribution >= 4 is 0 Å². The van der Waals surface area contributed by atoms with Crippen LogP contribution in [0.25, 0.3) is 0 Å². The number of H-pyrrole nitrogens is 1. The molecule has 0 aliphatic heterocycles. The van der Waals surface area contributed by atoms with E-state index in [1.165, 1.54) is 64.2 Å². The monoisotopic (exact) mass is 266 g/mol. The summed E-state index contributed by atoms with van der Waals surface area (Å²) in [4.78, 5) is 0. The minimum atomic E-state index is 0.816. The van der Waals surface area contributed by atoms with Gasteiger partial charge in [-0.05, 0) is 6.42 Å². The second-order valence-corrected chi connectivity index (χ2v) is 5.32. The lowest BCUT2D eigenvalue weighted by Crippen LogP contribution is -1.96. The first-order chi connectivity index (χ1) is 9.43. The summed E-state index contributed by atoms with van der Waals surface area (Å²) < 4.78 is 5.53. The maximum Gasteiger partial charge on any atom is 0.156 e. The molecule has 0 aromatic carbocycles. The molecule has 0 atom stereocenters. The molecule has 0 fully saturated rings. The fourth-order valence-electron chi connectivity index (χ4n) is 2.27. The smallest absolute Gasteiger partial charge is 0.156 e. The largest absolute Gasteiger partial charge is 0.490 e. The highest BCUT2D eigenvalue weighted by Gasteiger charge is 1.95. The number of hydrogen-bond acceptors (Lipinski definition) is 2. The molecule has 0 saturated carbocycles. The van der Waals surface area contributed by atoms with Crippen LogP contribution in [0.2, 0.25) is 0 Å². The Kier molecular flexibility index (Phi) is 10.2. The van der Waals surface area contributed by atoms with E-state index < -0.39 is 0 Å². The Labute approximate surface area is 118 Å². The van der Waals surface area contributed by atoms with E-state index in [1.54, 1.807) is 12.4 Å². The van der Waals surface area contributed by atoms with Crippen molar-refractivity contribution in [3.8, 4) is 5.75 Å². The van der Waals surface area contributed by atoms with E-state index in [-0.39, 0.29) is 0 Å². The fourth-order valence-corrected chi connectivity index (χ4v) is 2.27. The molecule has 0 saturated heterocycles. The SMILES string of the molecule is CCCCCCCCCCCCCOc1cn[nH]c1. The summed E-state index contributed by atoms with van der Waals surface area (Å²) in [7, 11) is 0. The van der Waals surface area contributed by atoms with Crippen LogP contribution in [-0.4, -0.2) is 16.8 Å². The quantitative estimate of drug-likeness (QED) is 0.504. The van der Waals surface area contributed by atoms with Crippen molar-refractivity contribution in [1.29, 1.82) is 0 Å². The molecule has 1 rings (SSSR count). The Morgan fingerprint density at radius 3 is 2.00 bits per heavy atom. The molecule has 1 aromatic rings. The lowest BCUT2D eigenvalue weighted by molar-refractivity contribution is 0.304. The lowest BCUT2D eigenvalue weighted by Gasteiger charge is -2.04. The third-order valence-corrected chi connectivity index (χ3v) is 3.49. The van der Waals surface area contributed by atoms with Gasteiger partial charge in [0.1, 0.15) is 0 Å². The topological polar surface area (TPSA) is 37.9 Å². The van der Waals surface area contributed by atoms with Gasteiger partial charge in [0.25, 0.3) is 0 Å². The summed E-state index contributed by atoms with van der Waals surface area (Å²) in [6.45, 7) is 3.09. The van der Waals surface area contributed by atoms with Gasteiger partial charge in [-0.15, -0.1) is 0 Å². The molecule has 110 valence electrons. The van der Waals surface area contributed by atoms with E-state index in [2.05, 4.69) is 17.1 Å². The molecular formula is C16H30N2O. The molecule has 0 aliphatic carbocycles. The highest BCUT2D eigenvalue weighted by Crippen LogP contribution is 2.12. The zero-order valence-electron chi connectivity index (χ0n) is 12.5. The van der Waals surface area contributed by atoms with Crippen LogP contribution in [0.5, 0.6) is 5.75 Å². The average Bonchev–Trinajstić information content (AvgIpc) is 2.93. The molecule has 1 aromatic heterocycles. The Morgan fingerprint density at radius 1 is 0.895 bits per heavy atom. The highest BCUT2D eigenvalue weighted by atomic mass is 16.5. The molecule has 3 nitrogen and oxygen atoms in total. The van der Waals surface area contributed by atoms with Gasteiger partial charge in [0.05, 0.1) is 19.0 Å². The van der Waals surface area contributed by atoms with E-state index in [0.717, 1.165) is 18.8 Å². The highest BCUT2D eigenvalue weighted by molar-refractivity contribution is 5.09. The number of hydrogen-bond donors (Lipinski definition) is 1. The third kappa shape index (κ3) is 9.57. The van der Waals surface area contributed by atoms with E-state index in [4.69, 9.17) is 4.74 Å². The maximum absolute atomic E-state index is 5.53.